The van der Waals surface area contributed by atoms with Crippen molar-refractivity contribution >= 4 is 5.91 Å². The number of hydrogen-bond acceptors (Lipinski definition) is 3. The third kappa shape index (κ3) is 3.70. The Labute approximate surface area is 106 Å². The summed E-state index contributed by atoms with van der Waals surface area (Å²) in [5.41, 5.74) is 0.00761. The molecule has 98 valence electrons. The molecule has 18 heavy (non-hydrogen) atoms. The highest BCUT2D eigenvalue weighted by Crippen LogP contribution is 2.20. The Morgan fingerprint density at radius 2 is 2.17 bits per heavy atom. The third-order valence-corrected chi connectivity index (χ3v) is 3.06. The first-order chi connectivity index (χ1) is 8.75. The molecule has 2 rings (SSSR count). The number of ether oxygens (including phenoxy) is 1. The van der Waals surface area contributed by atoms with Crippen LogP contribution in [-0.2, 0) is 4.74 Å². The molecule has 0 saturated heterocycles. The van der Waals surface area contributed by atoms with Gasteiger partial charge in [0, 0.05) is 12.6 Å². The summed E-state index contributed by atoms with van der Waals surface area (Å²) in [5.74, 6) is -0.275. The van der Waals surface area contributed by atoms with E-state index in [1.807, 2.05) is 0 Å². The summed E-state index contributed by atoms with van der Waals surface area (Å²) in [6, 6.07) is 4.51. The maximum absolute atomic E-state index is 11.7. The molecule has 1 aliphatic carbocycles. The van der Waals surface area contributed by atoms with E-state index in [2.05, 4.69) is 10.3 Å². The van der Waals surface area contributed by atoms with Gasteiger partial charge in [0.25, 0.3) is 5.91 Å². The molecule has 1 aromatic heterocycles. The van der Waals surface area contributed by atoms with Gasteiger partial charge in [-0.2, -0.15) is 0 Å². The Morgan fingerprint density at radius 1 is 1.39 bits per heavy atom. The molecule has 0 aromatic carbocycles. The first kappa shape index (κ1) is 12.8. The van der Waals surface area contributed by atoms with Crippen LogP contribution in [-0.4, -0.2) is 30.1 Å². The molecule has 0 radical (unpaired) electrons. The summed E-state index contributed by atoms with van der Waals surface area (Å²) < 4.78 is 5.63. The van der Waals surface area contributed by atoms with Crippen molar-refractivity contribution in [3.05, 3.63) is 34.2 Å². The first-order valence-electron chi connectivity index (χ1n) is 6.35. The third-order valence-electron chi connectivity index (χ3n) is 3.06. The Morgan fingerprint density at radius 3 is 2.89 bits per heavy atom. The number of aromatic amines is 1. The highest BCUT2D eigenvalue weighted by atomic mass is 16.5. The van der Waals surface area contributed by atoms with E-state index in [-0.39, 0.29) is 17.2 Å². The zero-order chi connectivity index (χ0) is 12.8. The molecule has 1 saturated carbocycles. The minimum atomic E-state index is -0.275. The number of H-pyrrole nitrogens is 1. The maximum atomic E-state index is 11.7. The van der Waals surface area contributed by atoms with Crippen LogP contribution in [0.1, 0.15) is 36.2 Å². The van der Waals surface area contributed by atoms with Crippen LogP contribution in [0.4, 0.5) is 0 Å². The van der Waals surface area contributed by atoms with Gasteiger partial charge in [0.05, 0.1) is 12.7 Å². The summed E-state index contributed by atoms with van der Waals surface area (Å²) in [5, 5.41) is 2.72. The van der Waals surface area contributed by atoms with Gasteiger partial charge < -0.3 is 15.0 Å². The number of carbonyl (C=O) groups excluding carboxylic acids is 1. The number of pyridine rings is 1. The van der Waals surface area contributed by atoms with Crippen molar-refractivity contribution in [1.29, 1.82) is 0 Å². The van der Waals surface area contributed by atoms with Crippen molar-refractivity contribution in [2.75, 3.05) is 13.2 Å². The average molecular weight is 250 g/mol. The second-order valence-corrected chi connectivity index (χ2v) is 4.46. The lowest BCUT2D eigenvalue weighted by Crippen LogP contribution is -2.30. The summed E-state index contributed by atoms with van der Waals surface area (Å²) in [6.07, 6.45) is 5.09. The molecule has 1 aromatic rings. The van der Waals surface area contributed by atoms with E-state index >= 15 is 0 Å². The molecule has 5 nitrogen and oxygen atoms in total. The maximum Gasteiger partial charge on any atom is 0.267 e. The van der Waals surface area contributed by atoms with Gasteiger partial charge in [-0.05, 0) is 18.9 Å². The normalized spacial score (nSPS) is 15.8. The van der Waals surface area contributed by atoms with Crippen LogP contribution in [0.2, 0.25) is 0 Å². The SMILES string of the molecule is O=C(NCCOC1CCCC1)c1cccc(=O)[nH]1. The lowest BCUT2D eigenvalue weighted by Gasteiger charge is -2.11. The van der Waals surface area contributed by atoms with Crippen LogP contribution in [0.15, 0.2) is 23.0 Å². The molecule has 0 bridgehead atoms. The summed E-state index contributed by atoms with van der Waals surface area (Å²) in [7, 11) is 0. The minimum absolute atomic E-state index is 0.273. The molecule has 2 N–H and O–H groups in total. The Hall–Kier alpha value is -1.62. The topological polar surface area (TPSA) is 71.2 Å². The highest BCUT2D eigenvalue weighted by molar-refractivity contribution is 5.92. The van der Waals surface area contributed by atoms with E-state index in [9.17, 15) is 9.59 Å². The number of hydrogen-bond donors (Lipinski definition) is 2. The molecule has 0 unspecified atom stereocenters. The monoisotopic (exact) mass is 250 g/mol. The molecule has 1 fully saturated rings. The fraction of sp³-hybridized carbons (Fsp3) is 0.538. The van der Waals surface area contributed by atoms with E-state index < -0.39 is 0 Å². The summed E-state index contributed by atoms with van der Waals surface area (Å²) >= 11 is 0. The van der Waals surface area contributed by atoms with Gasteiger partial charge >= 0.3 is 0 Å². The van der Waals surface area contributed by atoms with Crippen molar-refractivity contribution in [3.63, 3.8) is 0 Å². The van der Waals surface area contributed by atoms with Crippen LogP contribution in [0.5, 0.6) is 0 Å². The van der Waals surface area contributed by atoms with E-state index in [4.69, 9.17) is 4.74 Å². The van der Waals surface area contributed by atoms with Crippen LogP contribution in [0.25, 0.3) is 0 Å². The van der Waals surface area contributed by atoms with Gasteiger partial charge in [0.1, 0.15) is 5.69 Å². The van der Waals surface area contributed by atoms with Crippen molar-refractivity contribution in [3.8, 4) is 0 Å². The Bertz CT molecular complexity index is 450. The smallest absolute Gasteiger partial charge is 0.267 e. The quantitative estimate of drug-likeness (QED) is 0.768. The summed E-state index contributed by atoms with van der Waals surface area (Å²) in [4.78, 5) is 25.2. The second kappa shape index (κ2) is 6.35. The lowest BCUT2D eigenvalue weighted by atomic mass is 10.3. The van der Waals surface area contributed by atoms with Gasteiger partial charge in [-0.1, -0.05) is 18.9 Å². The van der Waals surface area contributed by atoms with Gasteiger partial charge in [-0.15, -0.1) is 0 Å². The van der Waals surface area contributed by atoms with Crippen molar-refractivity contribution in [2.45, 2.75) is 31.8 Å². The van der Waals surface area contributed by atoms with E-state index in [0.29, 0.717) is 19.3 Å². The Kier molecular flexibility index (Phi) is 4.52. The predicted octanol–water partition coefficient (Wildman–Crippen LogP) is 1.06. The number of carbonyl (C=O) groups is 1. The van der Waals surface area contributed by atoms with Crippen molar-refractivity contribution in [1.82, 2.24) is 10.3 Å². The largest absolute Gasteiger partial charge is 0.376 e. The van der Waals surface area contributed by atoms with Gasteiger partial charge in [0.2, 0.25) is 5.56 Å². The predicted molar refractivity (Wildman–Crippen MR) is 67.6 cm³/mol. The highest BCUT2D eigenvalue weighted by Gasteiger charge is 2.14. The van der Waals surface area contributed by atoms with Gasteiger partial charge in [0.15, 0.2) is 0 Å². The fourth-order valence-corrected chi connectivity index (χ4v) is 2.12. The molecule has 0 aliphatic heterocycles. The molecule has 1 aliphatic rings. The van der Waals surface area contributed by atoms with Gasteiger partial charge in [-0.25, -0.2) is 0 Å². The van der Waals surface area contributed by atoms with Crippen LogP contribution < -0.4 is 10.9 Å². The number of aromatic nitrogens is 1. The van der Waals surface area contributed by atoms with E-state index in [0.717, 1.165) is 12.8 Å². The molecule has 5 heteroatoms. The average Bonchev–Trinajstić information content (AvgIpc) is 2.87. The summed E-state index contributed by atoms with van der Waals surface area (Å²) in [6.45, 7) is 0.986. The van der Waals surface area contributed by atoms with Crippen molar-refractivity contribution in [2.24, 2.45) is 0 Å². The zero-order valence-corrected chi connectivity index (χ0v) is 10.3. The number of nitrogens with one attached hydrogen (secondary N) is 2. The molecular weight excluding hydrogens is 232 g/mol. The fourth-order valence-electron chi connectivity index (χ4n) is 2.12. The van der Waals surface area contributed by atoms with Crippen LogP contribution in [0.3, 0.4) is 0 Å². The molecule has 1 heterocycles. The first-order valence-corrected chi connectivity index (χ1v) is 6.35. The van der Waals surface area contributed by atoms with E-state index in [1.165, 1.54) is 18.9 Å². The van der Waals surface area contributed by atoms with Crippen LogP contribution in [0, 0.1) is 0 Å². The molecule has 0 spiro atoms. The molecule has 1 amide bonds. The molecular formula is C13H18N2O3. The number of amides is 1. The van der Waals surface area contributed by atoms with Gasteiger partial charge in [-0.3, -0.25) is 9.59 Å². The van der Waals surface area contributed by atoms with E-state index in [1.54, 1.807) is 12.1 Å². The minimum Gasteiger partial charge on any atom is -0.376 e. The Balaban J connectivity index is 1.70. The van der Waals surface area contributed by atoms with Crippen LogP contribution >= 0.6 is 0 Å². The van der Waals surface area contributed by atoms with Crippen molar-refractivity contribution < 1.29 is 9.53 Å². The number of rotatable bonds is 5. The lowest BCUT2D eigenvalue weighted by molar-refractivity contribution is 0.0581. The zero-order valence-electron chi connectivity index (χ0n) is 10.3. The molecule has 0 atom stereocenters. The standard InChI is InChI=1S/C13H18N2O3/c16-12-7-3-6-11(15-12)13(17)14-8-9-18-10-4-1-2-5-10/h3,6-7,10H,1-2,4-5,8-9H2,(H,14,17)(H,15,16). The second-order valence-electron chi connectivity index (χ2n) is 4.46.